The van der Waals surface area contributed by atoms with Gasteiger partial charge < -0.3 is 0 Å². The second kappa shape index (κ2) is 2.98. The third kappa shape index (κ3) is 5.02. The molecule has 0 radical (unpaired) electrons. The van der Waals surface area contributed by atoms with Crippen LogP contribution in [-0.2, 0) is 10.0 Å². The quantitative estimate of drug-likeness (QED) is 0.635. The number of rotatable bonds is 2. The summed E-state index contributed by atoms with van der Waals surface area (Å²) in [5, 5.41) is 0. The first-order valence-corrected chi connectivity index (χ1v) is 4.46. The molecule has 3 nitrogen and oxygen atoms in total. The fourth-order valence-electron chi connectivity index (χ4n) is 0.370. The lowest BCUT2D eigenvalue weighted by Gasteiger charge is -2.15. The average Bonchev–Trinajstić information content (AvgIpc) is 1.56. The molecule has 0 saturated carbocycles. The van der Waals surface area contributed by atoms with Crippen LogP contribution in [0.2, 0.25) is 0 Å². The van der Waals surface area contributed by atoms with E-state index in [0.29, 0.717) is 0 Å². The number of nitrogens with zero attached hydrogens (tertiary/aromatic N) is 1. The van der Waals surface area contributed by atoms with E-state index >= 15 is 0 Å². The van der Waals surface area contributed by atoms with E-state index in [4.69, 9.17) is 0 Å². The molecule has 11 heavy (non-hydrogen) atoms. The largest absolute Gasteiger partial charge is 0.402 e. The van der Waals surface area contributed by atoms with Gasteiger partial charge >= 0.3 is 6.18 Å². The first-order chi connectivity index (χ1) is 4.63. The maximum atomic E-state index is 11.5. The van der Waals surface area contributed by atoms with Crippen molar-refractivity contribution in [3.8, 4) is 0 Å². The lowest BCUT2D eigenvalue weighted by Crippen LogP contribution is -2.34. The molecule has 0 aliphatic carbocycles. The van der Waals surface area contributed by atoms with Crippen molar-refractivity contribution in [3.63, 3.8) is 0 Å². The van der Waals surface area contributed by atoms with Crippen LogP contribution in [0, 0.1) is 0 Å². The Morgan fingerprint density at radius 2 is 1.73 bits per heavy atom. The molecule has 0 rings (SSSR count). The molecule has 0 saturated heterocycles. The summed E-state index contributed by atoms with van der Waals surface area (Å²) < 4.78 is 55.7. The Kier molecular flexibility index (Phi) is 2.90. The molecule has 0 atom stereocenters. The van der Waals surface area contributed by atoms with Gasteiger partial charge in [-0.05, 0) is 0 Å². The zero-order valence-electron chi connectivity index (χ0n) is 6.01. The van der Waals surface area contributed by atoms with Crippen LogP contribution >= 0.6 is 0 Å². The molecule has 0 aromatic heterocycles. The fourth-order valence-corrected chi connectivity index (χ4v) is 0.751. The van der Waals surface area contributed by atoms with Crippen molar-refractivity contribution in [2.24, 2.45) is 0 Å². The number of alkyl halides is 3. The highest BCUT2D eigenvalue weighted by molar-refractivity contribution is 7.88. The number of hydrogen-bond acceptors (Lipinski definition) is 2. The molecule has 0 spiro atoms. The molecule has 68 valence electrons. The van der Waals surface area contributed by atoms with Gasteiger partial charge in [0.15, 0.2) is 0 Å². The normalized spacial score (nSPS) is 14.0. The van der Waals surface area contributed by atoms with Gasteiger partial charge in [-0.1, -0.05) is 0 Å². The Morgan fingerprint density at radius 1 is 1.36 bits per heavy atom. The SMILES string of the molecule is CN(CC(F)(F)F)S(C)(=O)=O. The minimum atomic E-state index is -4.47. The second-order valence-corrected chi connectivity index (χ2v) is 4.22. The zero-order valence-corrected chi connectivity index (χ0v) is 6.83. The van der Waals surface area contributed by atoms with E-state index in [2.05, 4.69) is 0 Å². The first-order valence-electron chi connectivity index (χ1n) is 2.61. The number of halogens is 3. The van der Waals surface area contributed by atoms with Crippen molar-refractivity contribution in [2.45, 2.75) is 6.18 Å². The smallest absolute Gasteiger partial charge is 0.213 e. The lowest BCUT2D eigenvalue weighted by molar-refractivity contribution is -0.134. The topological polar surface area (TPSA) is 37.4 Å². The highest BCUT2D eigenvalue weighted by Crippen LogP contribution is 2.16. The fraction of sp³-hybridized carbons (Fsp3) is 1.00. The number of hydrogen-bond donors (Lipinski definition) is 0. The Balaban J connectivity index is 4.22. The Bertz CT molecular complexity index is 220. The summed E-state index contributed by atoms with van der Waals surface area (Å²) in [6.45, 7) is -1.44. The lowest BCUT2D eigenvalue weighted by atomic mass is 10.6. The molecule has 0 bridgehead atoms. The molecule has 0 aromatic rings. The molecular formula is C4H8F3NO2S. The predicted molar refractivity (Wildman–Crippen MR) is 33.5 cm³/mol. The predicted octanol–water partition coefficient (Wildman–Crippen LogP) is 0.440. The van der Waals surface area contributed by atoms with Crippen LogP contribution in [0.5, 0.6) is 0 Å². The Morgan fingerprint density at radius 3 is 1.82 bits per heavy atom. The van der Waals surface area contributed by atoms with Gasteiger partial charge in [0.2, 0.25) is 10.0 Å². The molecule has 7 heteroatoms. The standard InChI is InChI=1S/C4H8F3NO2S/c1-8(11(2,9)10)3-4(5,6)7/h3H2,1-2H3. The Labute approximate surface area is 62.9 Å². The molecule has 0 fully saturated rings. The number of sulfonamides is 1. The summed E-state index contributed by atoms with van der Waals surface area (Å²) in [7, 11) is -2.84. The summed E-state index contributed by atoms with van der Waals surface area (Å²) >= 11 is 0. The molecule has 0 unspecified atom stereocenters. The van der Waals surface area contributed by atoms with Crippen LogP contribution in [0.15, 0.2) is 0 Å². The van der Waals surface area contributed by atoms with Crippen LogP contribution in [0.4, 0.5) is 13.2 Å². The summed E-state index contributed by atoms with van der Waals surface area (Å²) in [4.78, 5) is 0. The highest BCUT2D eigenvalue weighted by Gasteiger charge is 2.32. The van der Waals surface area contributed by atoms with Gasteiger partial charge in [0.05, 0.1) is 6.26 Å². The van der Waals surface area contributed by atoms with Crippen molar-refractivity contribution in [3.05, 3.63) is 0 Å². The summed E-state index contributed by atoms with van der Waals surface area (Å²) in [5.41, 5.74) is 0. The molecule has 0 aliphatic rings. The second-order valence-electron chi connectivity index (χ2n) is 2.13. The third-order valence-electron chi connectivity index (χ3n) is 0.968. The van der Waals surface area contributed by atoms with Gasteiger partial charge in [0, 0.05) is 7.05 Å². The van der Waals surface area contributed by atoms with Crippen molar-refractivity contribution < 1.29 is 21.6 Å². The van der Waals surface area contributed by atoms with Crippen LogP contribution in [0.1, 0.15) is 0 Å². The van der Waals surface area contributed by atoms with E-state index in [1.807, 2.05) is 0 Å². The molecule has 0 amide bonds. The first kappa shape index (κ1) is 10.7. The van der Waals surface area contributed by atoms with Crippen LogP contribution in [0.25, 0.3) is 0 Å². The van der Waals surface area contributed by atoms with E-state index in [1.54, 1.807) is 0 Å². The highest BCUT2D eigenvalue weighted by atomic mass is 32.2. The molecular weight excluding hydrogens is 183 g/mol. The van der Waals surface area contributed by atoms with E-state index in [-0.39, 0.29) is 4.31 Å². The van der Waals surface area contributed by atoms with E-state index in [0.717, 1.165) is 13.3 Å². The summed E-state index contributed by atoms with van der Waals surface area (Å²) in [6.07, 6.45) is -3.75. The minimum absolute atomic E-state index is 0.243. The van der Waals surface area contributed by atoms with Crippen molar-refractivity contribution in [1.82, 2.24) is 4.31 Å². The van der Waals surface area contributed by atoms with E-state index in [1.165, 1.54) is 0 Å². The van der Waals surface area contributed by atoms with Crippen molar-refractivity contribution in [2.75, 3.05) is 19.8 Å². The van der Waals surface area contributed by atoms with Crippen LogP contribution in [-0.4, -0.2) is 38.7 Å². The maximum absolute atomic E-state index is 11.5. The zero-order chi connectivity index (χ0) is 9.28. The van der Waals surface area contributed by atoms with Crippen LogP contribution < -0.4 is 0 Å². The van der Waals surface area contributed by atoms with Gasteiger partial charge in [-0.3, -0.25) is 0 Å². The third-order valence-corrected chi connectivity index (χ3v) is 2.23. The van der Waals surface area contributed by atoms with Crippen molar-refractivity contribution in [1.29, 1.82) is 0 Å². The molecule has 0 heterocycles. The molecule has 0 aliphatic heterocycles. The minimum Gasteiger partial charge on any atom is -0.213 e. The molecule has 0 N–H and O–H groups in total. The van der Waals surface area contributed by atoms with Gasteiger partial charge in [0.1, 0.15) is 6.54 Å². The van der Waals surface area contributed by atoms with Gasteiger partial charge in [0.25, 0.3) is 0 Å². The summed E-state index contributed by atoms with van der Waals surface area (Å²) in [5.74, 6) is 0. The van der Waals surface area contributed by atoms with Gasteiger partial charge in [-0.15, -0.1) is 0 Å². The van der Waals surface area contributed by atoms with Gasteiger partial charge in [-0.2, -0.15) is 17.5 Å². The monoisotopic (exact) mass is 191 g/mol. The van der Waals surface area contributed by atoms with Crippen molar-refractivity contribution >= 4 is 10.0 Å². The van der Waals surface area contributed by atoms with Crippen LogP contribution in [0.3, 0.4) is 0 Å². The maximum Gasteiger partial charge on any atom is 0.402 e. The van der Waals surface area contributed by atoms with Gasteiger partial charge in [-0.25, -0.2) is 8.42 Å². The van der Waals surface area contributed by atoms with E-state index in [9.17, 15) is 21.6 Å². The average molecular weight is 191 g/mol. The van der Waals surface area contributed by atoms with E-state index < -0.39 is 22.7 Å². The molecule has 0 aromatic carbocycles. The summed E-state index contributed by atoms with van der Waals surface area (Å²) in [6, 6.07) is 0. The Hall–Kier alpha value is -0.300.